The van der Waals surface area contributed by atoms with Crippen LogP contribution in [0.25, 0.3) is 22.3 Å². The molecule has 0 saturated carbocycles. The van der Waals surface area contributed by atoms with Crippen LogP contribution in [0.5, 0.6) is 5.75 Å². The summed E-state index contributed by atoms with van der Waals surface area (Å²) in [6.07, 6.45) is 1.71. The van der Waals surface area contributed by atoms with E-state index in [9.17, 15) is 9.50 Å². The summed E-state index contributed by atoms with van der Waals surface area (Å²) in [7, 11) is 0. The topological polar surface area (TPSA) is 48.9 Å². The molecular formula is C13H9FN2O. The molecule has 1 aromatic carbocycles. The van der Waals surface area contributed by atoms with Crippen LogP contribution in [0.15, 0.2) is 42.6 Å². The molecule has 4 heteroatoms. The zero-order chi connectivity index (χ0) is 11.8. The summed E-state index contributed by atoms with van der Waals surface area (Å²) in [5.41, 5.74) is 1.99. The normalized spacial score (nSPS) is 10.9. The maximum absolute atomic E-state index is 12.8. The molecule has 0 unspecified atom stereocenters. The Labute approximate surface area is 96.6 Å². The molecule has 2 N–H and O–H groups in total. The van der Waals surface area contributed by atoms with Crippen LogP contribution in [0.3, 0.4) is 0 Å². The van der Waals surface area contributed by atoms with Crippen LogP contribution in [0.4, 0.5) is 4.39 Å². The number of benzene rings is 1. The third-order valence-electron chi connectivity index (χ3n) is 2.65. The van der Waals surface area contributed by atoms with Gasteiger partial charge in [0, 0.05) is 17.8 Å². The van der Waals surface area contributed by atoms with Crippen LogP contribution in [0.1, 0.15) is 0 Å². The van der Waals surface area contributed by atoms with Crippen molar-refractivity contribution in [1.29, 1.82) is 0 Å². The number of nitrogens with zero attached hydrogens (tertiary/aromatic N) is 1. The SMILES string of the molecule is Oc1cc(-c2ccc(F)cc2)nc2[nH]ccc12. The van der Waals surface area contributed by atoms with E-state index in [1.54, 1.807) is 30.5 Å². The van der Waals surface area contributed by atoms with Gasteiger partial charge in [0.05, 0.1) is 11.1 Å². The van der Waals surface area contributed by atoms with E-state index >= 15 is 0 Å². The highest BCUT2D eigenvalue weighted by Gasteiger charge is 2.07. The average molecular weight is 228 g/mol. The number of fused-ring (bicyclic) bond motifs is 1. The molecule has 0 aliphatic rings. The molecule has 2 aromatic heterocycles. The number of halogens is 1. The molecule has 0 aliphatic heterocycles. The second-order valence-electron chi connectivity index (χ2n) is 3.77. The predicted molar refractivity (Wildman–Crippen MR) is 63.2 cm³/mol. The van der Waals surface area contributed by atoms with E-state index in [4.69, 9.17) is 0 Å². The van der Waals surface area contributed by atoms with Crippen molar-refractivity contribution in [3.63, 3.8) is 0 Å². The lowest BCUT2D eigenvalue weighted by atomic mass is 10.1. The van der Waals surface area contributed by atoms with Gasteiger partial charge in [-0.15, -0.1) is 0 Å². The monoisotopic (exact) mass is 228 g/mol. The van der Waals surface area contributed by atoms with Gasteiger partial charge >= 0.3 is 0 Å². The third kappa shape index (κ3) is 1.63. The lowest BCUT2D eigenvalue weighted by molar-refractivity contribution is 0.481. The van der Waals surface area contributed by atoms with E-state index in [1.165, 1.54) is 12.1 Å². The number of hydrogen-bond donors (Lipinski definition) is 2. The number of rotatable bonds is 1. The molecule has 3 aromatic rings. The number of aromatic hydroxyl groups is 1. The lowest BCUT2D eigenvalue weighted by Crippen LogP contribution is -1.85. The van der Waals surface area contributed by atoms with Crippen LogP contribution in [-0.4, -0.2) is 15.1 Å². The highest BCUT2D eigenvalue weighted by molar-refractivity contribution is 5.85. The average Bonchev–Trinajstić information content (AvgIpc) is 2.78. The molecule has 0 fully saturated rings. The molecule has 17 heavy (non-hydrogen) atoms. The zero-order valence-electron chi connectivity index (χ0n) is 8.81. The molecule has 0 saturated heterocycles. The molecule has 84 valence electrons. The summed E-state index contributed by atoms with van der Waals surface area (Å²) >= 11 is 0. The van der Waals surface area contributed by atoms with Crippen molar-refractivity contribution in [3.05, 3.63) is 48.4 Å². The minimum atomic E-state index is -0.293. The smallest absolute Gasteiger partial charge is 0.141 e. The molecule has 0 atom stereocenters. The maximum Gasteiger partial charge on any atom is 0.141 e. The van der Waals surface area contributed by atoms with Gasteiger partial charge in [-0.1, -0.05) is 0 Å². The van der Waals surface area contributed by atoms with Crippen molar-refractivity contribution in [2.24, 2.45) is 0 Å². The predicted octanol–water partition coefficient (Wildman–Crippen LogP) is 3.07. The van der Waals surface area contributed by atoms with E-state index in [1.807, 2.05) is 0 Å². The first-order chi connectivity index (χ1) is 8.24. The molecule has 0 amide bonds. The molecule has 0 bridgehead atoms. The number of H-pyrrole nitrogens is 1. The number of nitrogens with one attached hydrogen (secondary N) is 1. The molecule has 3 nitrogen and oxygen atoms in total. The number of aromatic nitrogens is 2. The first-order valence-corrected chi connectivity index (χ1v) is 5.17. The van der Waals surface area contributed by atoms with Gasteiger partial charge in [0.1, 0.15) is 17.2 Å². The van der Waals surface area contributed by atoms with Crippen LogP contribution >= 0.6 is 0 Å². The van der Waals surface area contributed by atoms with E-state index < -0.39 is 0 Å². The van der Waals surface area contributed by atoms with E-state index in [-0.39, 0.29) is 11.6 Å². The van der Waals surface area contributed by atoms with Crippen molar-refractivity contribution < 1.29 is 9.50 Å². The molecule has 0 radical (unpaired) electrons. The van der Waals surface area contributed by atoms with Crippen LogP contribution in [-0.2, 0) is 0 Å². The fraction of sp³-hybridized carbons (Fsp3) is 0. The quantitative estimate of drug-likeness (QED) is 0.672. The first-order valence-electron chi connectivity index (χ1n) is 5.17. The summed E-state index contributed by atoms with van der Waals surface area (Å²) < 4.78 is 12.8. The summed E-state index contributed by atoms with van der Waals surface area (Å²) in [5.74, 6) is -0.130. The van der Waals surface area contributed by atoms with Gasteiger partial charge in [0.25, 0.3) is 0 Å². The number of hydrogen-bond acceptors (Lipinski definition) is 2. The van der Waals surface area contributed by atoms with Crippen LogP contribution in [0.2, 0.25) is 0 Å². The summed E-state index contributed by atoms with van der Waals surface area (Å²) in [6, 6.07) is 9.33. The molecular weight excluding hydrogens is 219 g/mol. The first kappa shape index (κ1) is 9.84. The van der Waals surface area contributed by atoms with E-state index in [0.29, 0.717) is 16.7 Å². The van der Waals surface area contributed by atoms with Gasteiger partial charge in [-0.2, -0.15) is 0 Å². The Kier molecular flexibility index (Phi) is 2.08. The Bertz CT molecular complexity index is 673. The Hall–Kier alpha value is -2.36. The molecule has 0 spiro atoms. The van der Waals surface area contributed by atoms with Crippen LogP contribution in [0, 0.1) is 5.82 Å². The highest BCUT2D eigenvalue weighted by Crippen LogP contribution is 2.28. The van der Waals surface area contributed by atoms with E-state index in [2.05, 4.69) is 9.97 Å². The van der Waals surface area contributed by atoms with Crippen molar-refractivity contribution >= 4 is 11.0 Å². The fourth-order valence-corrected chi connectivity index (χ4v) is 1.79. The van der Waals surface area contributed by atoms with Gasteiger partial charge in [0.2, 0.25) is 0 Å². The minimum Gasteiger partial charge on any atom is -0.507 e. The summed E-state index contributed by atoms with van der Waals surface area (Å²) in [6.45, 7) is 0. The van der Waals surface area contributed by atoms with Crippen molar-refractivity contribution in [2.75, 3.05) is 0 Å². The molecule has 0 aliphatic carbocycles. The Morgan fingerprint density at radius 1 is 1.12 bits per heavy atom. The van der Waals surface area contributed by atoms with Crippen molar-refractivity contribution in [1.82, 2.24) is 9.97 Å². The van der Waals surface area contributed by atoms with Gasteiger partial charge in [-0.05, 0) is 30.3 Å². The van der Waals surface area contributed by atoms with Crippen molar-refractivity contribution in [2.45, 2.75) is 0 Å². The summed E-state index contributed by atoms with van der Waals surface area (Å²) in [5, 5.41) is 10.5. The third-order valence-corrected chi connectivity index (χ3v) is 2.65. The number of aromatic amines is 1. The second-order valence-corrected chi connectivity index (χ2v) is 3.77. The Balaban J connectivity index is 2.20. The van der Waals surface area contributed by atoms with Gasteiger partial charge in [-0.3, -0.25) is 0 Å². The van der Waals surface area contributed by atoms with E-state index in [0.717, 1.165) is 5.56 Å². The largest absolute Gasteiger partial charge is 0.507 e. The van der Waals surface area contributed by atoms with Gasteiger partial charge < -0.3 is 10.1 Å². The Morgan fingerprint density at radius 3 is 2.65 bits per heavy atom. The second kappa shape index (κ2) is 3.59. The standard InChI is InChI=1S/C13H9FN2O/c14-9-3-1-8(2-4-9)11-7-12(17)10-5-6-15-13(10)16-11/h1-7H,(H2,15,16,17). The van der Waals surface area contributed by atoms with Crippen molar-refractivity contribution in [3.8, 4) is 17.0 Å². The highest BCUT2D eigenvalue weighted by atomic mass is 19.1. The fourth-order valence-electron chi connectivity index (χ4n) is 1.79. The molecule has 2 heterocycles. The zero-order valence-corrected chi connectivity index (χ0v) is 8.81. The maximum atomic E-state index is 12.8. The Morgan fingerprint density at radius 2 is 1.88 bits per heavy atom. The van der Waals surface area contributed by atoms with Gasteiger partial charge in [-0.25, -0.2) is 9.37 Å². The minimum absolute atomic E-state index is 0.163. The lowest BCUT2D eigenvalue weighted by Gasteiger charge is -2.02. The number of pyridine rings is 1. The van der Waals surface area contributed by atoms with Crippen LogP contribution < -0.4 is 0 Å². The molecule has 3 rings (SSSR count). The summed E-state index contributed by atoms with van der Waals surface area (Å²) in [4.78, 5) is 7.29. The van der Waals surface area contributed by atoms with Gasteiger partial charge in [0.15, 0.2) is 0 Å².